The molecule has 0 bridgehead atoms. The first-order valence-electron chi connectivity index (χ1n) is 9.17. The Morgan fingerprint density at radius 3 is 2.90 bits per heavy atom. The van der Waals surface area contributed by atoms with E-state index in [-0.39, 0.29) is 35.4 Å². The first-order valence-corrected chi connectivity index (χ1v) is 9.17. The van der Waals surface area contributed by atoms with E-state index in [9.17, 15) is 19.8 Å². The standard InChI is InChI=1S/C21H16FN5O4/c1-11-18-19(16(9-23)20(24)31-21(18)26-25-11)15-8-14(27(28)29)5-6-17(15)30-10-12-3-2-4-13(22)7-12/h2-8,19H,10,24H2,1H3,(H,25,26). The predicted octanol–water partition coefficient (Wildman–Crippen LogP) is 3.56. The molecule has 3 aromatic rings. The van der Waals surface area contributed by atoms with E-state index in [4.69, 9.17) is 15.2 Å². The lowest BCUT2D eigenvalue weighted by molar-refractivity contribution is -0.384. The van der Waals surface area contributed by atoms with Crippen LogP contribution in [0.25, 0.3) is 0 Å². The second-order valence-corrected chi connectivity index (χ2v) is 6.89. The molecular formula is C21H16FN5O4. The van der Waals surface area contributed by atoms with Crippen LogP contribution in [-0.2, 0) is 6.61 Å². The van der Waals surface area contributed by atoms with Gasteiger partial charge >= 0.3 is 0 Å². The monoisotopic (exact) mass is 421 g/mol. The normalized spacial score (nSPS) is 15.1. The van der Waals surface area contributed by atoms with Crippen LogP contribution in [0.15, 0.2) is 53.9 Å². The molecule has 1 aliphatic rings. The highest BCUT2D eigenvalue weighted by atomic mass is 19.1. The molecule has 2 aromatic carbocycles. The number of halogens is 1. The molecular weight excluding hydrogens is 405 g/mol. The van der Waals surface area contributed by atoms with Crippen molar-refractivity contribution in [2.24, 2.45) is 5.73 Å². The summed E-state index contributed by atoms with van der Waals surface area (Å²) < 4.78 is 24.8. The van der Waals surface area contributed by atoms with Crippen LogP contribution in [0.4, 0.5) is 10.1 Å². The van der Waals surface area contributed by atoms with Crippen LogP contribution in [0.1, 0.15) is 28.3 Å². The predicted molar refractivity (Wildman–Crippen MR) is 106 cm³/mol. The number of benzene rings is 2. The van der Waals surface area contributed by atoms with Gasteiger partial charge in [-0.05, 0) is 30.7 Å². The maximum absolute atomic E-state index is 13.5. The van der Waals surface area contributed by atoms with E-state index in [1.807, 2.05) is 6.07 Å². The number of nitro benzene ring substituents is 1. The van der Waals surface area contributed by atoms with Gasteiger partial charge in [0.15, 0.2) is 0 Å². The van der Waals surface area contributed by atoms with Gasteiger partial charge in [-0.2, -0.15) is 5.26 Å². The summed E-state index contributed by atoms with van der Waals surface area (Å²) in [4.78, 5) is 10.9. The number of aryl methyl sites for hydroxylation is 1. The summed E-state index contributed by atoms with van der Waals surface area (Å²) in [5.41, 5.74) is 7.90. The van der Waals surface area contributed by atoms with Gasteiger partial charge < -0.3 is 15.2 Å². The largest absolute Gasteiger partial charge is 0.489 e. The van der Waals surface area contributed by atoms with Crippen molar-refractivity contribution in [3.8, 4) is 17.7 Å². The summed E-state index contributed by atoms with van der Waals surface area (Å²) in [6, 6.07) is 12.0. The third-order valence-corrected chi connectivity index (χ3v) is 4.93. The van der Waals surface area contributed by atoms with E-state index < -0.39 is 16.7 Å². The summed E-state index contributed by atoms with van der Waals surface area (Å²) in [6.45, 7) is 1.76. The lowest BCUT2D eigenvalue weighted by Gasteiger charge is -2.25. The Kier molecular flexibility index (Phi) is 5.00. The molecule has 0 radical (unpaired) electrons. The van der Waals surface area contributed by atoms with Crippen LogP contribution in [0.2, 0.25) is 0 Å². The number of non-ortho nitro benzene ring substituents is 1. The number of aromatic amines is 1. The molecule has 0 amide bonds. The van der Waals surface area contributed by atoms with Crippen molar-refractivity contribution in [1.29, 1.82) is 5.26 Å². The molecule has 0 aliphatic carbocycles. The van der Waals surface area contributed by atoms with E-state index in [1.54, 1.807) is 19.1 Å². The van der Waals surface area contributed by atoms with Gasteiger partial charge in [-0.15, -0.1) is 5.10 Å². The van der Waals surface area contributed by atoms with E-state index in [0.717, 1.165) is 0 Å². The van der Waals surface area contributed by atoms with E-state index in [1.165, 1.54) is 30.3 Å². The van der Waals surface area contributed by atoms with Crippen molar-refractivity contribution in [1.82, 2.24) is 10.2 Å². The van der Waals surface area contributed by atoms with Crippen LogP contribution < -0.4 is 15.2 Å². The third kappa shape index (κ3) is 3.64. The average molecular weight is 421 g/mol. The zero-order chi connectivity index (χ0) is 22.1. The molecule has 9 nitrogen and oxygen atoms in total. The van der Waals surface area contributed by atoms with Crippen LogP contribution >= 0.6 is 0 Å². The number of fused-ring (bicyclic) bond motifs is 1. The molecule has 0 saturated heterocycles. The highest BCUT2D eigenvalue weighted by molar-refractivity contribution is 5.60. The van der Waals surface area contributed by atoms with Gasteiger partial charge in [-0.3, -0.25) is 15.2 Å². The van der Waals surface area contributed by atoms with E-state index in [0.29, 0.717) is 22.4 Å². The SMILES string of the molecule is Cc1[nH]nc2c1C(c1cc([N+](=O)[O-])ccc1OCc1cccc(F)c1)C(C#N)=C(N)O2. The molecule has 0 fully saturated rings. The molecule has 4 rings (SSSR count). The number of nitro groups is 1. The summed E-state index contributed by atoms with van der Waals surface area (Å²) in [5.74, 6) is -0.880. The van der Waals surface area contributed by atoms with E-state index in [2.05, 4.69) is 10.2 Å². The number of aromatic nitrogens is 2. The second-order valence-electron chi connectivity index (χ2n) is 6.89. The van der Waals surface area contributed by atoms with Gasteiger partial charge in [0, 0.05) is 29.0 Å². The van der Waals surface area contributed by atoms with Gasteiger partial charge in [-0.1, -0.05) is 12.1 Å². The molecule has 156 valence electrons. The maximum atomic E-state index is 13.5. The van der Waals surface area contributed by atoms with Crippen molar-refractivity contribution in [2.75, 3.05) is 0 Å². The lowest BCUT2D eigenvalue weighted by Crippen LogP contribution is -2.21. The number of H-pyrrole nitrogens is 1. The lowest BCUT2D eigenvalue weighted by atomic mass is 9.83. The Morgan fingerprint density at radius 2 is 2.19 bits per heavy atom. The number of hydrogen-bond donors (Lipinski definition) is 2. The number of nitrogens with zero attached hydrogens (tertiary/aromatic N) is 3. The maximum Gasteiger partial charge on any atom is 0.270 e. The Hall–Kier alpha value is -4.39. The van der Waals surface area contributed by atoms with Crippen molar-refractivity contribution in [3.63, 3.8) is 0 Å². The topological polar surface area (TPSA) is 140 Å². The van der Waals surface area contributed by atoms with Crippen molar-refractivity contribution >= 4 is 5.69 Å². The molecule has 1 atom stereocenters. The molecule has 31 heavy (non-hydrogen) atoms. The molecule has 2 heterocycles. The minimum atomic E-state index is -0.796. The number of ether oxygens (including phenoxy) is 2. The first-order chi connectivity index (χ1) is 14.9. The third-order valence-electron chi connectivity index (χ3n) is 4.93. The van der Waals surface area contributed by atoms with Gasteiger partial charge in [-0.25, -0.2) is 4.39 Å². The highest BCUT2D eigenvalue weighted by Crippen LogP contribution is 2.46. The smallest absolute Gasteiger partial charge is 0.270 e. The number of allylic oxidation sites excluding steroid dienone is 1. The van der Waals surface area contributed by atoms with E-state index >= 15 is 0 Å². The highest BCUT2D eigenvalue weighted by Gasteiger charge is 2.36. The fourth-order valence-electron chi connectivity index (χ4n) is 3.50. The Balaban J connectivity index is 1.84. The fourth-order valence-corrected chi connectivity index (χ4v) is 3.50. The summed E-state index contributed by atoms with van der Waals surface area (Å²) in [7, 11) is 0. The quantitative estimate of drug-likeness (QED) is 0.474. The van der Waals surface area contributed by atoms with Crippen LogP contribution in [0.3, 0.4) is 0 Å². The number of nitrogens with one attached hydrogen (secondary N) is 1. The minimum Gasteiger partial charge on any atom is -0.489 e. The molecule has 1 unspecified atom stereocenters. The van der Waals surface area contributed by atoms with Gasteiger partial charge in [0.05, 0.1) is 10.8 Å². The second kappa shape index (κ2) is 7.79. The van der Waals surface area contributed by atoms with Crippen LogP contribution in [0, 0.1) is 34.2 Å². The van der Waals surface area contributed by atoms with Crippen molar-refractivity contribution < 1.29 is 18.8 Å². The van der Waals surface area contributed by atoms with Crippen LogP contribution in [0.5, 0.6) is 11.6 Å². The zero-order valence-electron chi connectivity index (χ0n) is 16.3. The molecule has 3 N–H and O–H groups in total. The van der Waals surface area contributed by atoms with Crippen LogP contribution in [-0.4, -0.2) is 15.1 Å². The molecule has 1 aliphatic heterocycles. The van der Waals surface area contributed by atoms with Crippen molar-refractivity contribution in [3.05, 3.63) is 92.2 Å². The summed E-state index contributed by atoms with van der Waals surface area (Å²) in [6.07, 6.45) is 0. The minimum absolute atomic E-state index is 0.0180. The number of nitrogens with two attached hydrogens (primary N) is 1. The molecule has 0 saturated carbocycles. The molecule has 10 heteroatoms. The van der Waals surface area contributed by atoms with Gasteiger partial charge in [0.25, 0.3) is 5.69 Å². The Bertz CT molecular complexity index is 1260. The average Bonchev–Trinajstić information content (AvgIpc) is 3.11. The first kappa shape index (κ1) is 19.9. The fraction of sp³-hybridized carbons (Fsp3) is 0.143. The summed E-state index contributed by atoms with van der Waals surface area (Å²) >= 11 is 0. The number of hydrogen-bond acceptors (Lipinski definition) is 7. The van der Waals surface area contributed by atoms with Crippen molar-refractivity contribution in [2.45, 2.75) is 19.4 Å². The van der Waals surface area contributed by atoms with Gasteiger partial charge in [0.1, 0.15) is 29.8 Å². The Labute approximate surface area is 175 Å². The molecule has 0 spiro atoms. The number of nitriles is 1. The summed E-state index contributed by atoms with van der Waals surface area (Å²) in [5, 5.41) is 28.0. The molecule has 1 aromatic heterocycles. The zero-order valence-corrected chi connectivity index (χ0v) is 16.3. The van der Waals surface area contributed by atoms with Gasteiger partial charge in [0.2, 0.25) is 11.8 Å². The Morgan fingerprint density at radius 1 is 1.39 bits per heavy atom. The number of rotatable bonds is 5.